The lowest BCUT2D eigenvalue weighted by Crippen LogP contribution is -2.88. The second-order valence-corrected chi connectivity index (χ2v) is 7.89. The highest BCUT2D eigenvalue weighted by molar-refractivity contribution is 5.64. The smallest absolute Gasteiger partial charge is 0.165 e. The normalized spacial score (nSPS) is 42.0. The van der Waals surface area contributed by atoms with Gasteiger partial charge in [-0.15, -0.1) is 13.2 Å². The molecular weight excluding hydrogens is 302 g/mol. The second kappa shape index (κ2) is 4.24. The van der Waals surface area contributed by atoms with Crippen molar-refractivity contribution in [2.75, 3.05) is 6.54 Å². The van der Waals surface area contributed by atoms with Crippen LogP contribution in [-0.2, 0) is 11.8 Å². The van der Waals surface area contributed by atoms with E-state index in [0.717, 1.165) is 24.9 Å². The molecule has 0 radical (unpaired) electrons. The zero-order chi connectivity index (χ0) is 16.9. The number of phenols is 1. The summed E-state index contributed by atoms with van der Waals surface area (Å²) in [6.07, 6.45) is 4.34. The first-order valence-electron chi connectivity index (χ1n) is 8.70. The zero-order valence-electron chi connectivity index (χ0n) is 13.9. The van der Waals surface area contributed by atoms with E-state index >= 15 is 0 Å². The molecule has 2 aliphatic carbocycles. The molecule has 1 saturated carbocycles. The van der Waals surface area contributed by atoms with Gasteiger partial charge in [-0.2, -0.15) is 0 Å². The number of hydrogen-bond donors (Lipinski definition) is 2. The van der Waals surface area contributed by atoms with Crippen molar-refractivity contribution in [3.8, 4) is 11.5 Å². The van der Waals surface area contributed by atoms with Gasteiger partial charge >= 0.3 is 0 Å². The number of aromatic hydroxyl groups is 1. The lowest BCUT2D eigenvalue weighted by molar-refractivity contribution is -0.276. The number of hydrogen-bond acceptors (Lipinski definition) is 4. The van der Waals surface area contributed by atoms with Crippen LogP contribution in [0.4, 0.5) is 0 Å². The maximum Gasteiger partial charge on any atom is 0.165 e. The lowest BCUT2D eigenvalue weighted by Gasteiger charge is -2.80. The third-order valence-electron chi connectivity index (χ3n) is 7.37. The molecule has 0 bridgehead atoms. The van der Waals surface area contributed by atoms with Crippen LogP contribution in [0, 0.1) is 5.41 Å². The van der Waals surface area contributed by atoms with Crippen LogP contribution in [0.3, 0.4) is 0 Å². The van der Waals surface area contributed by atoms with Crippen LogP contribution in [0.2, 0.25) is 0 Å². The molecule has 5 rings (SSSR count). The van der Waals surface area contributed by atoms with Gasteiger partial charge in [0.1, 0.15) is 12.2 Å². The number of aliphatic hydroxyl groups is 1. The first kappa shape index (κ1) is 14.6. The average molecular weight is 325 g/mol. The fourth-order valence-electron chi connectivity index (χ4n) is 6.34. The third-order valence-corrected chi connectivity index (χ3v) is 7.37. The Bertz CT molecular complexity index is 774. The molecule has 2 N–H and O–H groups in total. The second-order valence-electron chi connectivity index (χ2n) is 7.89. The Kier molecular flexibility index (Phi) is 2.57. The van der Waals surface area contributed by atoms with Crippen molar-refractivity contribution in [3.63, 3.8) is 0 Å². The Morgan fingerprint density at radius 3 is 2.92 bits per heavy atom. The molecule has 2 fully saturated rings. The number of ether oxygens (including phenoxy) is 1. The number of aliphatic hydroxyl groups excluding tert-OH is 1. The molecular formula is C20H23NO3. The van der Waals surface area contributed by atoms with E-state index in [9.17, 15) is 10.2 Å². The third kappa shape index (κ3) is 1.22. The van der Waals surface area contributed by atoms with Gasteiger partial charge in [-0.25, -0.2) is 0 Å². The van der Waals surface area contributed by atoms with Crippen molar-refractivity contribution >= 4 is 0 Å². The quantitative estimate of drug-likeness (QED) is 0.833. The SMILES string of the molecule is C=CCN1C2C[C@]34c5c(ccc(O)c5O[C@H]3[C@@H](O)C=C)C[C@@H]1C24C. The fraction of sp³-hybridized carbons (Fsp3) is 0.500. The highest BCUT2D eigenvalue weighted by Gasteiger charge is 2.82. The van der Waals surface area contributed by atoms with Gasteiger partial charge in [-0.05, 0) is 24.5 Å². The predicted molar refractivity (Wildman–Crippen MR) is 91.3 cm³/mol. The van der Waals surface area contributed by atoms with Crippen LogP contribution in [0.15, 0.2) is 37.4 Å². The summed E-state index contributed by atoms with van der Waals surface area (Å²) in [4.78, 5) is 2.53. The molecule has 24 heavy (non-hydrogen) atoms. The summed E-state index contributed by atoms with van der Waals surface area (Å²) in [5.74, 6) is 0.762. The number of phenolic OH excluding ortho intramolecular Hbond substituents is 1. The van der Waals surface area contributed by atoms with Gasteiger partial charge in [0.15, 0.2) is 11.5 Å². The first-order chi connectivity index (χ1) is 11.5. The van der Waals surface area contributed by atoms with Crippen molar-refractivity contribution in [2.45, 2.75) is 49.5 Å². The molecule has 1 saturated heterocycles. The fourth-order valence-corrected chi connectivity index (χ4v) is 6.34. The standard InChI is InChI=1S/C20H23NO3/c1-4-8-21-14-9-11-6-7-13(23)17-16(11)20(10-15(21)19(14,20)3)18(24-17)12(22)5-2/h4-7,12,14-15,18,22-23H,1-2,8-10H2,3H3/t12-,14+,15?,18-,19?,20-/m0/s1. The summed E-state index contributed by atoms with van der Waals surface area (Å²) in [6, 6.07) is 4.67. The molecule has 6 atom stereocenters. The van der Waals surface area contributed by atoms with E-state index in [-0.39, 0.29) is 22.7 Å². The number of nitrogens with zero attached hydrogens (tertiary/aromatic N) is 1. The van der Waals surface area contributed by atoms with E-state index < -0.39 is 6.10 Å². The van der Waals surface area contributed by atoms with Crippen LogP contribution in [0.5, 0.6) is 11.5 Å². The highest BCUT2D eigenvalue weighted by Crippen LogP contribution is 2.77. The molecule has 2 heterocycles. The minimum Gasteiger partial charge on any atom is -0.504 e. The summed E-state index contributed by atoms with van der Waals surface area (Å²) in [7, 11) is 0. The Morgan fingerprint density at radius 2 is 2.21 bits per heavy atom. The van der Waals surface area contributed by atoms with Crippen molar-refractivity contribution in [3.05, 3.63) is 48.6 Å². The predicted octanol–water partition coefficient (Wildman–Crippen LogP) is 2.14. The summed E-state index contributed by atoms with van der Waals surface area (Å²) < 4.78 is 6.16. The average Bonchev–Trinajstić information content (AvgIpc) is 2.94. The summed E-state index contributed by atoms with van der Waals surface area (Å²) in [5, 5.41) is 20.9. The minimum atomic E-state index is -0.741. The van der Waals surface area contributed by atoms with E-state index in [1.807, 2.05) is 12.1 Å². The summed E-state index contributed by atoms with van der Waals surface area (Å²) in [6.45, 7) is 10.9. The number of likely N-dealkylation sites (tertiary alicyclic amines) is 1. The zero-order valence-corrected chi connectivity index (χ0v) is 13.9. The molecule has 0 amide bonds. The van der Waals surface area contributed by atoms with Crippen LogP contribution in [0.1, 0.15) is 24.5 Å². The van der Waals surface area contributed by atoms with E-state index in [0.29, 0.717) is 17.8 Å². The van der Waals surface area contributed by atoms with E-state index in [1.165, 1.54) is 5.56 Å². The monoisotopic (exact) mass is 325 g/mol. The Hall–Kier alpha value is -1.78. The maximum absolute atomic E-state index is 10.6. The molecule has 2 aliphatic heterocycles. The van der Waals surface area contributed by atoms with Crippen LogP contribution in [0.25, 0.3) is 0 Å². The molecule has 2 unspecified atom stereocenters. The van der Waals surface area contributed by atoms with Gasteiger partial charge in [0.05, 0.1) is 0 Å². The van der Waals surface area contributed by atoms with Crippen molar-refractivity contribution in [1.82, 2.24) is 4.90 Å². The molecule has 4 heteroatoms. The van der Waals surface area contributed by atoms with Crippen molar-refractivity contribution < 1.29 is 14.9 Å². The Labute approximate surface area is 142 Å². The number of benzene rings is 1. The van der Waals surface area contributed by atoms with E-state index in [1.54, 1.807) is 12.1 Å². The molecule has 1 aromatic carbocycles. The molecule has 1 spiro atoms. The molecule has 4 nitrogen and oxygen atoms in total. The van der Waals surface area contributed by atoms with Gasteiger partial charge in [-0.3, -0.25) is 4.90 Å². The summed E-state index contributed by atoms with van der Waals surface area (Å²) >= 11 is 0. The Morgan fingerprint density at radius 1 is 1.42 bits per heavy atom. The van der Waals surface area contributed by atoms with Crippen LogP contribution >= 0.6 is 0 Å². The highest BCUT2D eigenvalue weighted by atomic mass is 16.5. The topological polar surface area (TPSA) is 52.9 Å². The molecule has 126 valence electrons. The molecule has 1 aromatic rings. The summed E-state index contributed by atoms with van der Waals surface area (Å²) in [5.41, 5.74) is 2.23. The number of piperidine rings is 1. The molecule has 4 aliphatic rings. The van der Waals surface area contributed by atoms with Gasteiger partial charge in [0, 0.05) is 35.0 Å². The van der Waals surface area contributed by atoms with Gasteiger partial charge < -0.3 is 14.9 Å². The van der Waals surface area contributed by atoms with Crippen LogP contribution < -0.4 is 4.74 Å². The largest absolute Gasteiger partial charge is 0.504 e. The maximum atomic E-state index is 10.6. The van der Waals surface area contributed by atoms with Gasteiger partial charge in [0.2, 0.25) is 0 Å². The minimum absolute atomic E-state index is 0.0662. The van der Waals surface area contributed by atoms with E-state index in [4.69, 9.17) is 4.74 Å². The van der Waals surface area contributed by atoms with Crippen molar-refractivity contribution in [2.24, 2.45) is 5.41 Å². The van der Waals surface area contributed by atoms with Gasteiger partial charge in [-0.1, -0.05) is 25.1 Å². The van der Waals surface area contributed by atoms with Crippen LogP contribution in [-0.4, -0.2) is 45.9 Å². The number of rotatable bonds is 4. The lowest BCUT2D eigenvalue weighted by atomic mass is 9.33. The van der Waals surface area contributed by atoms with Crippen molar-refractivity contribution in [1.29, 1.82) is 0 Å². The van der Waals surface area contributed by atoms with Gasteiger partial charge in [0.25, 0.3) is 0 Å². The molecule has 0 aromatic heterocycles. The van der Waals surface area contributed by atoms with E-state index in [2.05, 4.69) is 25.0 Å². The first-order valence-corrected chi connectivity index (χ1v) is 8.70. The Balaban J connectivity index is 1.72.